The average molecular weight is 227 g/mol. The van der Waals surface area contributed by atoms with E-state index in [-0.39, 0.29) is 0 Å². The molecule has 1 aliphatic rings. The molecule has 2 aromatic rings. The Morgan fingerprint density at radius 3 is 2.94 bits per heavy atom. The van der Waals surface area contributed by atoms with Crippen molar-refractivity contribution in [1.29, 1.82) is 0 Å². The molecule has 1 heterocycles. The summed E-state index contributed by atoms with van der Waals surface area (Å²) >= 11 is 0. The normalized spacial score (nSPS) is 23.9. The molecular weight excluding hydrogens is 206 g/mol. The molecule has 1 aromatic heterocycles. The van der Waals surface area contributed by atoms with Crippen LogP contribution in [0.5, 0.6) is 0 Å². The fourth-order valence-electron chi connectivity index (χ4n) is 3.40. The van der Waals surface area contributed by atoms with Crippen LogP contribution >= 0.6 is 0 Å². The molecule has 17 heavy (non-hydrogen) atoms. The Morgan fingerprint density at radius 1 is 1.29 bits per heavy atom. The molecule has 0 saturated carbocycles. The van der Waals surface area contributed by atoms with E-state index < -0.39 is 0 Å². The predicted octanol–water partition coefficient (Wildman–Crippen LogP) is 4.63. The number of nitrogens with one attached hydrogen (secondary N) is 1. The zero-order chi connectivity index (χ0) is 11.8. The van der Waals surface area contributed by atoms with Gasteiger partial charge >= 0.3 is 0 Å². The average Bonchev–Trinajstić information content (AvgIpc) is 2.72. The van der Waals surface area contributed by atoms with Gasteiger partial charge in [-0.2, -0.15) is 0 Å². The predicted molar refractivity (Wildman–Crippen MR) is 73.4 cm³/mol. The summed E-state index contributed by atoms with van der Waals surface area (Å²) < 4.78 is 0. The number of benzene rings is 1. The molecular formula is C16H21N. The maximum absolute atomic E-state index is 3.68. The van der Waals surface area contributed by atoms with E-state index in [9.17, 15) is 0 Å². The van der Waals surface area contributed by atoms with E-state index in [0.717, 1.165) is 11.8 Å². The molecule has 1 aliphatic carbocycles. The number of aromatic nitrogens is 1. The number of hydrogen-bond donors (Lipinski definition) is 1. The van der Waals surface area contributed by atoms with E-state index in [1.54, 1.807) is 5.56 Å². The van der Waals surface area contributed by atoms with Crippen molar-refractivity contribution in [2.45, 2.75) is 45.4 Å². The van der Waals surface area contributed by atoms with Crippen molar-refractivity contribution in [3.05, 3.63) is 35.5 Å². The number of rotatable bonds is 2. The minimum absolute atomic E-state index is 0.746. The number of fused-ring (bicyclic) bond motifs is 3. The first-order chi connectivity index (χ1) is 8.31. The number of aromatic amines is 1. The Bertz CT molecular complexity index is 523. The molecule has 1 nitrogen and oxygen atoms in total. The lowest BCUT2D eigenvalue weighted by molar-refractivity contribution is 0.376. The maximum atomic E-state index is 3.68. The third-order valence-corrected chi connectivity index (χ3v) is 4.35. The second kappa shape index (κ2) is 4.21. The summed E-state index contributed by atoms with van der Waals surface area (Å²) in [4.78, 5) is 3.68. The molecule has 0 radical (unpaired) electrons. The fraction of sp³-hybridized carbons (Fsp3) is 0.500. The van der Waals surface area contributed by atoms with Crippen molar-refractivity contribution in [3.8, 4) is 0 Å². The monoisotopic (exact) mass is 227 g/mol. The van der Waals surface area contributed by atoms with Gasteiger partial charge in [0.25, 0.3) is 0 Å². The Labute approximate surface area is 103 Å². The van der Waals surface area contributed by atoms with Gasteiger partial charge in [-0.1, -0.05) is 38.5 Å². The van der Waals surface area contributed by atoms with Gasteiger partial charge in [0, 0.05) is 22.5 Å². The summed E-state index contributed by atoms with van der Waals surface area (Å²) in [6.07, 6.45) is 5.20. The number of hydrogen-bond acceptors (Lipinski definition) is 0. The molecule has 0 saturated heterocycles. The lowest BCUT2D eigenvalue weighted by Gasteiger charge is -2.29. The van der Waals surface area contributed by atoms with Gasteiger partial charge in [0.05, 0.1) is 0 Å². The third-order valence-electron chi connectivity index (χ3n) is 4.35. The Morgan fingerprint density at radius 2 is 2.12 bits per heavy atom. The van der Waals surface area contributed by atoms with Crippen LogP contribution in [0.4, 0.5) is 0 Å². The summed E-state index contributed by atoms with van der Waals surface area (Å²) in [6, 6.07) is 8.76. The first-order valence-corrected chi connectivity index (χ1v) is 6.90. The summed E-state index contributed by atoms with van der Waals surface area (Å²) in [5.74, 6) is 1.58. The summed E-state index contributed by atoms with van der Waals surface area (Å²) in [5, 5.41) is 1.45. The first-order valence-electron chi connectivity index (χ1n) is 6.90. The van der Waals surface area contributed by atoms with Crippen molar-refractivity contribution in [2.24, 2.45) is 5.92 Å². The van der Waals surface area contributed by atoms with Gasteiger partial charge in [0.15, 0.2) is 0 Å². The largest absolute Gasteiger partial charge is 0.358 e. The Hall–Kier alpha value is -1.24. The SMILES string of the molecule is CCCC1c2[nH]c3ccccc3c2CCC1C. The second-order valence-electron chi connectivity index (χ2n) is 5.47. The molecule has 90 valence electrons. The summed E-state index contributed by atoms with van der Waals surface area (Å²) in [5.41, 5.74) is 4.46. The smallest absolute Gasteiger partial charge is 0.0459 e. The van der Waals surface area contributed by atoms with E-state index in [0.29, 0.717) is 0 Å². The topological polar surface area (TPSA) is 15.8 Å². The van der Waals surface area contributed by atoms with Crippen molar-refractivity contribution in [1.82, 2.24) is 4.98 Å². The van der Waals surface area contributed by atoms with Crippen LogP contribution in [0.1, 0.15) is 50.3 Å². The van der Waals surface area contributed by atoms with Crippen molar-refractivity contribution in [3.63, 3.8) is 0 Å². The molecule has 1 heteroatoms. The van der Waals surface area contributed by atoms with Gasteiger partial charge in [0.2, 0.25) is 0 Å². The van der Waals surface area contributed by atoms with Crippen LogP contribution in [-0.4, -0.2) is 4.98 Å². The Kier molecular flexibility index (Phi) is 2.70. The number of aryl methyl sites for hydroxylation is 1. The van der Waals surface area contributed by atoms with E-state index in [1.807, 2.05) is 0 Å². The van der Waals surface area contributed by atoms with Crippen LogP contribution in [0, 0.1) is 5.92 Å². The van der Waals surface area contributed by atoms with Crippen LogP contribution in [0.3, 0.4) is 0 Å². The van der Waals surface area contributed by atoms with Crippen LogP contribution in [0.2, 0.25) is 0 Å². The molecule has 1 N–H and O–H groups in total. The molecule has 2 atom stereocenters. The number of H-pyrrole nitrogens is 1. The molecule has 1 aromatic carbocycles. The Balaban J connectivity index is 2.14. The minimum Gasteiger partial charge on any atom is -0.358 e. The van der Waals surface area contributed by atoms with Crippen LogP contribution < -0.4 is 0 Å². The zero-order valence-corrected chi connectivity index (χ0v) is 10.8. The maximum Gasteiger partial charge on any atom is 0.0459 e. The minimum atomic E-state index is 0.746. The second-order valence-corrected chi connectivity index (χ2v) is 5.47. The molecule has 0 amide bonds. The van der Waals surface area contributed by atoms with Gasteiger partial charge < -0.3 is 4.98 Å². The lowest BCUT2D eigenvalue weighted by atomic mass is 9.77. The molecule has 0 spiro atoms. The summed E-state index contributed by atoms with van der Waals surface area (Å²) in [6.45, 7) is 4.71. The van der Waals surface area contributed by atoms with Gasteiger partial charge in [-0.25, -0.2) is 0 Å². The van der Waals surface area contributed by atoms with Crippen molar-refractivity contribution >= 4 is 10.9 Å². The number of para-hydroxylation sites is 1. The van der Waals surface area contributed by atoms with Gasteiger partial charge in [-0.15, -0.1) is 0 Å². The molecule has 3 rings (SSSR count). The zero-order valence-electron chi connectivity index (χ0n) is 10.8. The van der Waals surface area contributed by atoms with E-state index in [2.05, 4.69) is 43.1 Å². The van der Waals surface area contributed by atoms with Gasteiger partial charge in [-0.3, -0.25) is 0 Å². The third kappa shape index (κ3) is 1.69. The standard InChI is InChI=1S/C16H21N/c1-3-6-12-11(2)9-10-14-13-7-4-5-8-15(13)17-16(12)14/h4-5,7-8,11-12,17H,3,6,9-10H2,1-2H3. The highest BCUT2D eigenvalue weighted by atomic mass is 14.7. The first kappa shape index (κ1) is 10.9. The molecule has 0 bridgehead atoms. The van der Waals surface area contributed by atoms with Gasteiger partial charge in [0.1, 0.15) is 0 Å². The highest BCUT2D eigenvalue weighted by molar-refractivity contribution is 5.85. The van der Waals surface area contributed by atoms with Gasteiger partial charge in [-0.05, 0) is 36.8 Å². The van der Waals surface area contributed by atoms with E-state index in [4.69, 9.17) is 0 Å². The van der Waals surface area contributed by atoms with E-state index >= 15 is 0 Å². The highest BCUT2D eigenvalue weighted by Gasteiger charge is 2.28. The van der Waals surface area contributed by atoms with Crippen LogP contribution in [0.25, 0.3) is 10.9 Å². The van der Waals surface area contributed by atoms with Crippen LogP contribution in [0.15, 0.2) is 24.3 Å². The van der Waals surface area contributed by atoms with Crippen molar-refractivity contribution in [2.75, 3.05) is 0 Å². The van der Waals surface area contributed by atoms with E-state index in [1.165, 1.54) is 42.3 Å². The molecule has 2 unspecified atom stereocenters. The fourth-order valence-corrected chi connectivity index (χ4v) is 3.40. The lowest BCUT2D eigenvalue weighted by Crippen LogP contribution is -2.17. The van der Waals surface area contributed by atoms with Crippen LogP contribution in [-0.2, 0) is 6.42 Å². The summed E-state index contributed by atoms with van der Waals surface area (Å²) in [7, 11) is 0. The molecule has 0 aliphatic heterocycles. The highest BCUT2D eigenvalue weighted by Crippen LogP contribution is 2.41. The molecule has 0 fully saturated rings. The van der Waals surface area contributed by atoms with Crippen molar-refractivity contribution < 1.29 is 0 Å². The quantitative estimate of drug-likeness (QED) is 0.769.